The lowest BCUT2D eigenvalue weighted by Gasteiger charge is -2.16. The summed E-state index contributed by atoms with van der Waals surface area (Å²) in [5.74, 6) is 0. The second-order valence-electron chi connectivity index (χ2n) is 5.39. The van der Waals surface area contributed by atoms with Gasteiger partial charge in [-0.15, -0.1) is 0 Å². The van der Waals surface area contributed by atoms with Crippen LogP contribution in [0.3, 0.4) is 0 Å². The van der Waals surface area contributed by atoms with Gasteiger partial charge in [-0.05, 0) is 12.1 Å². The molecule has 5 N–H and O–H groups in total. The summed E-state index contributed by atoms with van der Waals surface area (Å²) in [5, 5.41) is -3.00. The molecule has 0 heterocycles. The van der Waals surface area contributed by atoms with Crippen LogP contribution in [0.2, 0.25) is 0 Å². The quantitative estimate of drug-likeness (QED) is 0.293. The fourth-order valence-electron chi connectivity index (χ4n) is 2.51. The highest BCUT2D eigenvalue weighted by Crippen LogP contribution is 2.40. The topological polar surface area (TPSA) is 272 Å². The first-order valence-electron chi connectivity index (χ1n) is 6.59. The number of hydrogen-bond donors (Lipinski definition) is 5. The highest BCUT2D eigenvalue weighted by molar-refractivity contribution is 7.90. The Kier molecular flexibility index (Phi) is 5.62. The number of fused-ring (bicyclic) bond motifs is 1. The molecule has 0 aliphatic rings. The summed E-state index contributed by atoms with van der Waals surface area (Å²) in [6, 6.07) is 0.0507. The van der Waals surface area contributed by atoms with Gasteiger partial charge in [0.05, 0.1) is 0 Å². The lowest BCUT2D eigenvalue weighted by Crippen LogP contribution is -2.15. The van der Waals surface area contributed by atoms with Crippen molar-refractivity contribution < 1.29 is 64.9 Å². The molecule has 2 aromatic rings. The van der Waals surface area contributed by atoms with E-state index in [1.807, 2.05) is 0 Å². The molecule has 0 amide bonds. The van der Waals surface area contributed by atoms with E-state index < -0.39 is 85.8 Å². The van der Waals surface area contributed by atoms with Gasteiger partial charge in [0.15, 0.2) is 0 Å². The van der Waals surface area contributed by atoms with Gasteiger partial charge in [-0.3, -0.25) is 22.8 Å². The Morgan fingerprint density at radius 3 is 1.20 bits per heavy atom. The summed E-state index contributed by atoms with van der Waals surface area (Å²) < 4.78 is 163. The van der Waals surface area contributed by atoms with Crippen molar-refractivity contribution >= 4 is 61.4 Å². The van der Waals surface area contributed by atoms with Crippen LogP contribution in [0.5, 0.6) is 0 Å². The molecule has 0 aliphatic carbocycles. The van der Waals surface area contributed by atoms with Gasteiger partial charge in [-0.1, -0.05) is 6.07 Å². The van der Waals surface area contributed by atoms with Crippen LogP contribution in [0.25, 0.3) is 10.8 Å². The van der Waals surface area contributed by atoms with E-state index >= 15 is 0 Å². The SMILES string of the molecule is O=S(=O)(O)c1cc(S(=O)(=O)O)c2c(S(=O)(=O)O)c(S(=O)(=O)O)ccc2c1S(=O)(=O)O. The minimum atomic E-state index is -5.84. The molecule has 0 bridgehead atoms. The van der Waals surface area contributed by atoms with E-state index in [0.717, 1.165) is 0 Å². The van der Waals surface area contributed by atoms with Crippen LogP contribution in [0.1, 0.15) is 0 Å². The fourth-order valence-corrected chi connectivity index (χ4v) is 7.40. The second-order valence-corrected chi connectivity index (χ2v) is 12.3. The average Bonchev–Trinajstić information content (AvgIpc) is 2.46. The van der Waals surface area contributed by atoms with Crippen molar-refractivity contribution in [3.05, 3.63) is 18.2 Å². The van der Waals surface area contributed by atoms with Gasteiger partial charge in [-0.25, -0.2) is 0 Å². The van der Waals surface area contributed by atoms with Gasteiger partial charge < -0.3 is 0 Å². The summed E-state index contributed by atoms with van der Waals surface area (Å²) in [6.07, 6.45) is 0. The summed E-state index contributed by atoms with van der Waals surface area (Å²) in [5.41, 5.74) is 0. The van der Waals surface area contributed by atoms with Crippen molar-refractivity contribution in [2.45, 2.75) is 24.5 Å². The molecule has 0 fully saturated rings. The van der Waals surface area contributed by atoms with Crippen LogP contribution < -0.4 is 0 Å². The van der Waals surface area contributed by atoms with Crippen LogP contribution in [0.4, 0.5) is 0 Å². The predicted molar refractivity (Wildman–Crippen MR) is 93.0 cm³/mol. The minimum Gasteiger partial charge on any atom is -0.282 e. The van der Waals surface area contributed by atoms with E-state index in [1.54, 1.807) is 0 Å². The first kappa shape index (κ1) is 24.5. The zero-order valence-corrected chi connectivity index (χ0v) is 17.7. The molecule has 2 rings (SSSR count). The molecule has 0 radical (unpaired) electrons. The van der Waals surface area contributed by atoms with Crippen molar-refractivity contribution in [2.24, 2.45) is 0 Å². The van der Waals surface area contributed by atoms with E-state index in [-0.39, 0.29) is 18.2 Å². The summed E-state index contributed by atoms with van der Waals surface area (Å²) in [6.45, 7) is 0. The minimum absolute atomic E-state index is 0.122. The standard InChI is InChI=1S/C10H8O15S5/c11-26(12,13)5-2-1-4-8(10(5)30(23,24)25)6(27(14,15)16)3-7(28(17,18)19)9(4)29(20,21)22/h1-3H,(H,11,12,13)(H,14,15,16)(H,17,18,19)(H,20,21,22)(H,23,24,25). The summed E-state index contributed by atoms with van der Waals surface area (Å²) >= 11 is 0. The summed E-state index contributed by atoms with van der Waals surface area (Å²) in [4.78, 5) is -9.13. The monoisotopic (exact) mass is 528 g/mol. The van der Waals surface area contributed by atoms with Crippen molar-refractivity contribution in [1.29, 1.82) is 0 Å². The Balaban J connectivity index is 3.62. The largest absolute Gasteiger partial charge is 0.296 e. The maximum Gasteiger partial charge on any atom is 0.296 e. The number of rotatable bonds is 5. The number of hydrogen-bond acceptors (Lipinski definition) is 10. The zero-order valence-electron chi connectivity index (χ0n) is 13.6. The second kappa shape index (κ2) is 6.88. The van der Waals surface area contributed by atoms with Crippen molar-refractivity contribution in [2.75, 3.05) is 0 Å². The smallest absolute Gasteiger partial charge is 0.282 e. The lowest BCUT2D eigenvalue weighted by atomic mass is 10.1. The molecule has 30 heavy (non-hydrogen) atoms. The van der Waals surface area contributed by atoms with Crippen LogP contribution >= 0.6 is 0 Å². The van der Waals surface area contributed by atoms with E-state index in [0.29, 0.717) is 0 Å². The molecular weight excluding hydrogens is 520 g/mol. The van der Waals surface area contributed by atoms with Gasteiger partial charge in [0.1, 0.15) is 24.5 Å². The molecule has 2 aromatic carbocycles. The van der Waals surface area contributed by atoms with Crippen LogP contribution in [0.15, 0.2) is 42.7 Å². The highest BCUT2D eigenvalue weighted by Gasteiger charge is 2.36. The highest BCUT2D eigenvalue weighted by atomic mass is 32.2. The van der Waals surface area contributed by atoms with Gasteiger partial charge in [0.25, 0.3) is 50.6 Å². The molecule has 0 aromatic heterocycles. The third-order valence-electron chi connectivity index (χ3n) is 3.45. The molecule has 0 saturated heterocycles. The van der Waals surface area contributed by atoms with Gasteiger partial charge in [0.2, 0.25) is 0 Å². The molecule has 0 atom stereocenters. The third-order valence-corrected chi connectivity index (χ3v) is 8.25. The maximum absolute atomic E-state index is 11.8. The maximum atomic E-state index is 11.8. The van der Waals surface area contributed by atoms with E-state index in [9.17, 15) is 64.9 Å². The molecule has 15 nitrogen and oxygen atoms in total. The number of benzene rings is 2. The van der Waals surface area contributed by atoms with Crippen molar-refractivity contribution in [1.82, 2.24) is 0 Å². The van der Waals surface area contributed by atoms with Crippen LogP contribution in [0, 0.1) is 0 Å². The Bertz CT molecular complexity index is 1630. The van der Waals surface area contributed by atoms with Crippen molar-refractivity contribution in [3.63, 3.8) is 0 Å². The molecule has 0 unspecified atom stereocenters. The normalized spacial score (nSPS) is 14.2. The average molecular weight is 528 g/mol. The van der Waals surface area contributed by atoms with Crippen LogP contribution in [-0.4, -0.2) is 64.9 Å². The summed E-state index contributed by atoms with van der Waals surface area (Å²) in [7, 11) is -28.5. The molecule has 168 valence electrons. The van der Waals surface area contributed by atoms with E-state index in [2.05, 4.69) is 0 Å². The molecule has 0 spiro atoms. The molecule has 0 aliphatic heterocycles. The van der Waals surface area contributed by atoms with Crippen LogP contribution in [-0.2, 0) is 50.6 Å². The van der Waals surface area contributed by atoms with Gasteiger partial charge >= 0.3 is 0 Å². The molecule has 0 saturated carbocycles. The Morgan fingerprint density at radius 2 is 0.867 bits per heavy atom. The fraction of sp³-hybridized carbons (Fsp3) is 0. The molecular formula is C10H8O15S5. The molecule has 20 heteroatoms. The predicted octanol–water partition coefficient (Wildman–Crippen LogP) is -0.927. The third kappa shape index (κ3) is 4.46. The lowest BCUT2D eigenvalue weighted by molar-refractivity contribution is 0.464. The Labute approximate surface area is 168 Å². The van der Waals surface area contributed by atoms with Gasteiger partial charge in [0, 0.05) is 10.8 Å². The Hall–Kier alpha value is -1.75. The van der Waals surface area contributed by atoms with E-state index in [4.69, 9.17) is 0 Å². The van der Waals surface area contributed by atoms with E-state index in [1.165, 1.54) is 0 Å². The van der Waals surface area contributed by atoms with Crippen molar-refractivity contribution in [3.8, 4) is 0 Å². The Morgan fingerprint density at radius 1 is 0.467 bits per heavy atom. The first-order valence-corrected chi connectivity index (χ1v) is 13.8. The van der Waals surface area contributed by atoms with Gasteiger partial charge in [-0.2, -0.15) is 42.1 Å². The zero-order chi connectivity index (χ0) is 23.7. The first-order chi connectivity index (χ1) is 13.1.